The molecule has 0 bridgehead atoms. The molecule has 1 aromatic heterocycles. The number of carboxylic acids is 1. The summed E-state index contributed by atoms with van der Waals surface area (Å²) in [5.41, 5.74) is 1.20. The van der Waals surface area contributed by atoms with E-state index in [4.69, 9.17) is 9.52 Å². The highest BCUT2D eigenvalue weighted by Crippen LogP contribution is 2.19. The molecule has 6 nitrogen and oxygen atoms in total. The first kappa shape index (κ1) is 15.3. The Hall–Kier alpha value is -2.12. The molecule has 0 saturated heterocycles. The second kappa shape index (κ2) is 6.11. The van der Waals surface area contributed by atoms with E-state index in [1.165, 1.54) is 30.7 Å². The molecule has 1 aromatic carbocycles. The van der Waals surface area contributed by atoms with Crippen LogP contribution in [0.2, 0.25) is 0 Å². The van der Waals surface area contributed by atoms with Gasteiger partial charge in [0.25, 0.3) is 0 Å². The van der Waals surface area contributed by atoms with Crippen LogP contribution in [0.1, 0.15) is 28.4 Å². The van der Waals surface area contributed by atoms with Gasteiger partial charge in [-0.3, -0.25) is 0 Å². The predicted octanol–water partition coefficient (Wildman–Crippen LogP) is 2.02. The van der Waals surface area contributed by atoms with Crippen LogP contribution in [0.5, 0.6) is 0 Å². The van der Waals surface area contributed by atoms with Crippen molar-refractivity contribution in [2.24, 2.45) is 0 Å². The van der Waals surface area contributed by atoms with Crippen LogP contribution in [0, 0.1) is 0 Å². The molecule has 2 N–H and O–H groups in total. The molecule has 2 aromatic rings. The van der Waals surface area contributed by atoms with Gasteiger partial charge in [-0.2, -0.15) is 0 Å². The van der Waals surface area contributed by atoms with Crippen molar-refractivity contribution >= 4 is 16.0 Å². The van der Waals surface area contributed by atoms with Crippen molar-refractivity contribution < 1.29 is 22.7 Å². The average Bonchev–Trinajstić information content (AvgIpc) is 2.98. The monoisotopic (exact) mass is 309 g/mol. The largest absolute Gasteiger partial charge is 0.478 e. The van der Waals surface area contributed by atoms with Crippen molar-refractivity contribution in [3.63, 3.8) is 0 Å². The first-order valence-corrected chi connectivity index (χ1v) is 7.79. The lowest BCUT2D eigenvalue weighted by atomic mass is 10.1. The summed E-state index contributed by atoms with van der Waals surface area (Å²) < 4.78 is 32.0. The van der Waals surface area contributed by atoms with Crippen LogP contribution in [0.3, 0.4) is 0 Å². The highest BCUT2D eigenvalue weighted by atomic mass is 32.2. The molecule has 2 rings (SSSR count). The summed E-state index contributed by atoms with van der Waals surface area (Å²) in [5, 5.41) is 8.99. The molecule has 7 heteroatoms. The Kier molecular flexibility index (Phi) is 4.44. The third kappa shape index (κ3) is 3.50. The van der Waals surface area contributed by atoms with Crippen LogP contribution in [-0.4, -0.2) is 19.5 Å². The number of furan rings is 1. The lowest BCUT2D eigenvalue weighted by molar-refractivity contribution is 0.0696. The Labute approximate surface area is 122 Å². The van der Waals surface area contributed by atoms with Crippen LogP contribution in [0.4, 0.5) is 0 Å². The third-order valence-corrected chi connectivity index (χ3v) is 4.51. The Bertz CT molecular complexity index is 735. The standard InChI is InChI=1S/C14H15NO5S/c1-2-11-3-4-12(14(16)17)7-13(11)21(18,19)15-8-10-5-6-20-9-10/h3-7,9,15H,2,8H2,1H3,(H,16,17). The molecule has 0 atom stereocenters. The summed E-state index contributed by atoms with van der Waals surface area (Å²) >= 11 is 0. The smallest absolute Gasteiger partial charge is 0.335 e. The van der Waals surface area contributed by atoms with Gasteiger partial charge in [-0.05, 0) is 30.2 Å². The zero-order chi connectivity index (χ0) is 15.5. The number of benzene rings is 1. The molecule has 0 fully saturated rings. The number of carbonyl (C=O) groups is 1. The van der Waals surface area contributed by atoms with Crippen LogP contribution in [-0.2, 0) is 23.0 Å². The molecule has 1 heterocycles. The average molecular weight is 309 g/mol. The molecule has 0 spiro atoms. The Morgan fingerprint density at radius 3 is 2.67 bits per heavy atom. The van der Waals surface area contributed by atoms with Crippen molar-refractivity contribution in [3.8, 4) is 0 Å². The van der Waals surface area contributed by atoms with Gasteiger partial charge in [0.05, 0.1) is 23.0 Å². The molecular formula is C14H15NO5S. The number of rotatable bonds is 6. The number of aromatic carboxylic acids is 1. The first-order chi connectivity index (χ1) is 9.94. The molecule has 0 aliphatic carbocycles. The fourth-order valence-corrected chi connectivity index (χ4v) is 3.23. The van der Waals surface area contributed by atoms with E-state index in [9.17, 15) is 13.2 Å². The number of nitrogens with one attached hydrogen (secondary N) is 1. The topological polar surface area (TPSA) is 96.6 Å². The zero-order valence-corrected chi connectivity index (χ0v) is 12.2. The summed E-state index contributed by atoms with van der Waals surface area (Å²) in [6.45, 7) is 1.89. The Balaban J connectivity index is 2.33. The van der Waals surface area contributed by atoms with Crippen LogP contribution in [0.25, 0.3) is 0 Å². The van der Waals surface area contributed by atoms with Crippen molar-refractivity contribution in [3.05, 3.63) is 53.5 Å². The summed E-state index contributed by atoms with van der Waals surface area (Å²) in [6, 6.07) is 5.75. The first-order valence-electron chi connectivity index (χ1n) is 6.31. The second-order valence-corrected chi connectivity index (χ2v) is 6.17. The van der Waals surface area contributed by atoms with E-state index in [1.54, 1.807) is 6.07 Å². The third-order valence-electron chi connectivity index (χ3n) is 3.03. The van der Waals surface area contributed by atoms with Gasteiger partial charge in [0.2, 0.25) is 10.0 Å². The maximum atomic E-state index is 12.3. The minimum absolute atomic E-state index is 0.00612. The summed E-state index contributed by atoms with van der Waals surface area (Å²) in [7, 11) is -3.79. The molecule has 0 saturated carbocycles. The number of aryl methyl sites for hydroxylation is 1. The highest BCUT2D eigenvalue weighted by molar-refractivity contribution is 7.89. The number of hydrogen-bond acceptors (Lipinski definition) is 4. The summed E-state index contributed by atoms with van der Waals surface area (Å²) in [5.74, 6) is -1.16. The minimum Gasteiger partial charge on any atom is -0.478 e. The molecule has 0 radical (unpaired) electrons. The summed E-state index contributed by atoms with van der Waals surface area (Å²) in [4.78, 5) is 11.0. The molecule has 21 heavy (non-hydrogen) atoms. The summed E-state index contributed by atoms with van der Waals surface area (Å²) in [6.07, 6.45) is 3.38. The van der Waals surface area contributed by atoms with Gasteiger partial charge in [0, 0.05) is 12.1 Å². The van der Waals surface area contributed by atoms with Gasteiger partial charge in [-0.25, -0.2) is 17.9 Å². The zero-order valence-electron chi connectivity index (χ0n) is 11.4. The van der Waals surface area contributed by atoms with E-state index in [0.29, 0.717) is 17.5 Å². The second-order valence-electron chi connectivity index (χ2n) is 4.44. The minimum atomic E-state index is -3.79. The van der Waals surface area contributed by atoms with Crippen molar-refractivity contribution in [2.45, 2.75) is 24.8 Å². The van der Waals surface area contributed by atoms with Crippen LogP contribution < -0.4 is 4.72 Å². The highest BCUT2D eigenvalue weighted by Gasteiger charge is 2.20. The van der Waals surface area contributed by atoms with Crippen LogP contribution in [0.15, 0.2) is 46.1 Å². The fraction of sp³-hybridized carbons (Fsp3) is 0.214. The molecule has 0 aliphatic heterocycles. The Morgan fingerprint density at radius 2 is 2.10 bits per heavy atom. The van der Waals surface area contributed by atoms with Gasteiger partial charge in [-0.1, -0.05) is 13.0 Å². The van der Waals surface area contributed by atoms with E-state index < -0.39 is 16.0 Å². The normalized spacial score (nSPS) is 11.5. The van der Waals surface area contributed by atoms with Crippen molar-refractivity contribution in [1.29, 1.82) is 0 Å². The maximum Gasteiger partial charge on any atom is 0.335 e. The van der Waals surface area contributed by atoms with Gasteiger partial charge >= 0.3 is 5.97 Å². The van der Waals surface area contributed by atoms with E-state index in [0.717, 1.165) is 0 Å². The fourth-order valence-electron chi connectivity index (χ4n) is 1.88. The number of sulfonamides is 1. The quantitative estimate of drug-likeness (QED) is 0.851. The van der Waals surface area contributed by atoms with Gasteiger partial charge in [0.15, 0.2) is 0 Å². The van der Waals surface area contributed by atoms with Crippen molar-refractivity contribution in [2.75, 3.05) is 0 Å². The molecule has 0 unspecified atom stereocenters. The van der Waals surface area contributed by atoms with E-state index >= 15 is 0 Å². The molecule has 0 amide bonds. The maximum absolute atomic E-state index is 12.3. The van der Waals surface area contributed by atoms with Crippen LogP contribution >= 0.6 is 0 Å². The predicted molar refractivity (Wildman–Crippen MR) is 75.5 cm³/mol. The number of hydrogen-bond donors (Lipinski definition) is 2. The Morgan fingerprint density at radius 1 is 1.33 bits per heavy atom. The lowest BCUT2D eigenvalue weighted by Crippen LogP contribution is -2.24. The van der Waals surface area contributed by atoms with Gasteiger partial charge < -0.3 is 9.52 Å². The van der Waals surface area contributed by atoms with E-state index in [-0.39, 0.29) is 17.0 Å². The molecular weight excluding hydrogens is 294 g/mol. The van der Waals surface area contributed by atoms with Gasteiger partial charge in [-0.15, -0.1) is 0 Å². The molecule has 0 aliphatic rings. The lowest BCUT2D eigenvalue weighted by Gasteiger charge is -2.11. The SMILES string of the molecule is CCc1ccc(C(=O)O)cc1S(=O)(=O)NCc1ccoc1. The van der Waals surface area contributed by atoms with Crippen molar-refractivity contribution in [1.82, 2.24) is 4.72 Å². The van der Waals surface area contributed by atoms with E-state index in [1.807, 2.05) is 6.92 Å². The molecule has 112 valence electrons. The van der Waals surface area contributed by atoms with E-state index in [2.05, 4.69) is 4.72 Å². The van der Waals surface area contributed by atoms with Gasteiger partial charge in [0.1, 0.15) is 0 Å². The number of carboxylic acid groups (broad SMARTS) is 1.